The number of anilines is 1. The van der Waals surface area contributed by atoms with Crippen molar-refractivity contribution in [2.24, 2.45) is 0 Å². The molecule has 0 spiro atoms. The van der Waals surface area contributed by atoms with Crippen LogP contribution in [0.4, 0.5) is 5.69 Å². The molecule has 0 saturated carbocycles. The van der Waals surface area contributed by atoms with E-state index in [0.717, 1.165) is 23.3 Å². The highest BCUT2D eigenvalue weighted by molar-refractivity contribution is 7.92. The van der Waals surface area contributed by atoms with Gasteiger partial charge in [-0.25, -0.2) is 8.42 Å². The molecule has 0 saturated heterocycles. The second-order valence-electron chi connectivity index (χ2n) is 5.11. The molecule has 0 amide bonds. The fourth-order valence-corrected chi connectivity index (χ4v) is 2.57. The van der Waals surface area contributed by atoms with E-state index in [1.54, 1.807) is 12.1 Å². The van der Waals surface area contributed by atoms with Gasteiger partial charge in [0, 0.05) is 11.7 Å². The van der Waals surface area contributed by atoms with Crippen molar-refractivity contribution in [3.63, 3.8) is 0 Å². The number of furan rings is 1. The van der Waals surface area contributed by atoms with Gasteiger partial charge in [-0.15, -0.1) is 0 Å². The van der Waals surface area contributed by atoms with Crippen LogP contribution in [0.5, 0.6) is 0 Å². The summed E-state index contributed by atoms with van der Waals surface area (Å²) in [6.45, 7) is 4.62. The van der Waals surface area contributed by atoms with E-state index >= 15 is 0 Å². The fourth-order valence-electron chi connectivity index (χ4n) is 2.01. The maximum absolute atomic E-state index is 11.1. The Hall–Kier alpha value is -1.79. The number of sulfonamides is 1. The molecule has 0 unspecified atom stereocenters. The molecule has 1 aromatic carbocycles. The zero-order valence-corrected chi connectivity index (χ0v) is 13.2. The molecule has 0 bridgehead atoms. The van der Waals surface area contributed by atoms with Crippen molar-refractivity contribution in [3.8, 4) is 0 Å². The SMILES string of the molecule is Cc1ccc(CN[C@@H](C)c2ccc(NS(C)(=O)=O)cc2)o1. The van der Waals surface area contributed by atoms with Crippen molar-refractivity contribution in [2.75, 3.05) is 11.0 Å². The summed E-state index contributed by atoms with van der Waals surface area (Å²) in [5.41, 5.74) is 1.65. The summed E-state index contributed by atoms with van der Waals surface area (Å²) in [6.07, 6.45) is 1.14. The first kappa shape index (κ1) is 15.6. The lowest BCUT2D eigenvalue weighted by Crippen LogP contribution is -2.17. The van der Waals surface area contributed by atoms with E-state index in [9.17, 15) is 8.42 Å². The van der Waals surface area contributed by atoms with E-state index in [1.165, 1.54) is 0 Å². The molecule has 2 rings (SSSR count). The van der Waals surface area contributed by atoms with Crippen LogP contribution in [0.15, 0.2) is 40.8 Å². The maximum atomic E-state index is 11.1. The minimum absolute atomic E-state index is 0.141. The zero-order valence-electron chi connectivity index (χ0n) is 12.4. The molecule has 0 aliphatic carbocycles. The van der Waals surface area contributed by atoms with Crippen molar-refractivity contribution in [1.82, 2.24) is 5.32 Å². The monoisotopic (exact) mass is 308 g/mol. The number of hydrogen-bond acceptors (Lipinski definition) is 4. The normalized spacial score (nSPS) is 13.1. The van der Waals surface area contributed by atoms with E-state index in [-0.39, 0.29) is 6.04 Å². The molecule has 5 nitrogen and oxygen atoms in total. The Morgan fingerprint density at radius 1 is 1.14 bits per heavy atom. The molecule has 21 heavy (non-hydrogen) atoms. The number of benzene rings is 1. The van der Waals surface area contributed by atoms with Crippen molar-refractivity contribution >= 4 is 15.7 Å². The Kier molecular flexibility index (Phi) is 4.69. The topological polar surface area (TPSA) is 71.3 Å². The standard InChI is InChI=1S/C15H20N2O3S/c1-11-4-9-15(20-11)10-16-12(2)13-5-7-14(8-6-13)17-21(3,18)19/h4-9,12,16-17H,10H2,1-3H3/t12-/m0/s1. The van der Waals surface area contributed by atoms with Crippen molar-refractivity contribution < 1.29 is 12.8 Å². The fraction of sp³-hybridized carbons (Fsp3) is 0.333. The van der Waals surface area contributed by atoms with Gasteiger partial charge in [0.1, 0.15) is 11.5 Å². The molecule has 0 radical (unpaired) electrons. The van der Waals surface area contributed by atoms with Gasteiger partial charge in [-0.05, 0) is 43.7 Å². The van der Waals surface area contributed by atoms with E-state index in [1.807, 2.05) is 31.2 Å². The van der Waals surface area contributed by atoms with Crippen LogP contribution in [0.1, 0.15) is 30.0 Å². The molecule has 2 N–H and O–H groups in total. The lowest BCUT2D eigenvalue weighted by molar-refractivity contribution is 0.444. The summed E-state index contributed by atoms with van der Waals surface area (Å²) in [5.74, 6) is 1.80. The smallest absolute Gasteiger partial charge is 0.229 e. The van der Waals surface area contributed by atoms with Crippen LogP contribution in [0, 0.1) is 6.92 Å². The Labute approximate surface area is 125 Å². The van der Waals surface area contributed by atoms with Gasteiger partial charge in [0.25, 0.3) is 0 Å². The first-order valence-corrected chi connectivity index (χ1v) is 8.59. The van der Waals surface area contributed by atoms with Crippen molar-refractivity contribution in [1.29, 1.82) is 0 Å². The van der Waals surface area contributed by atoms with E-state index < -0.39 is 10.0 Å². The van der Waals surface area contributed by atoms with Crippen LogP contribution in [0.25, 0.3) is 0 Å². The van der Waals surface area contributed by atoms with Gasteiger partial charge in [0.15, 0.2) is 0 Å². The summed E-state index contributed by atoms with van der Waals surface area (Å²) in [5, 5.41) is 3.36. The first-order valence-electron chi connectivity index (χ1n) is 6.70. The molecule has 6 heteroatoms. The Morgan fingerprint density at radius 3 is 2.33 bits per heavy atom. The third-order valence-electron chi connectivity index (χ3n) is 3.09. The van der Waals surface area contributed by atoms with Crippen molar-refractivity contribution in [3.05, 3.63) is 53.5 Å². The van der Waals surface area contributed by atoms with Crippen LogP contribution in [0.2, 0.25) is 0 Å². The Balaban J connectivity index is 1.94. The largest absolute Gasteiger partial charge is 0.465 e. The number of hydrogen-bond donors (Lipinski definition) is 2. The Bertz CT molecular complexity index is 690. The molecule has 1 heterocycles. The van der Waals surface area contributed by atoms with Crippen LogP contribution < -0.4 is 10.0 Å². The molecular formula is C15H20N2O3S. The minimum atomic E-state index is -3.23. The highest BCUT2D eigenvalue weighted by Crippen LogP contribution is 2.17. The third kappa shape index (κ3) is 4.91. The average molecular weight is 308 g/mol. The van der Waals surface area contributed by atoms with Crippen molar-refractivity contribution in [2.45, 2.75) is 26.4 Å². The highest BCUT2D eigenvalue weighted by atomic mass is 32.2. The van der Waals surface area contributed by atoms with Gasteiger partial charge in [-0.3, -0.25) is 4.72 Å². The molecular weight excluding hydrogens is 288 g/mol. The second kappa shape index (κ2) is 6.32. The summed E-state index contributed by atoms with van der Waals surface area (Å²) in [6, 6.07) is 11.3. The van der Waals surface area contributed by atoms with Gasteiger partial charge in [-0.1, -0.05) is 12.1 Å². The van der Waals surface area contributed by atoms with E-state index in [4.69, 9.17) is 4.42 Å². The van der Waals surface area contributed by atoms with Crippen LogP contribution in [-0.4, -0.2) is 14.7 Å². The quantitative estimate of drug-likeness (QED) is 0.861. The van der Waals surface area contributed by atoms with Gasteiger partial charge >= 0.3 is 0 Å². The van der Waals surface area contributed by atoms with Crippen LogP contribution >= 0.6 is 0 Å². The maximum Gasteiger partial charge on any atom is 0.229 e. The highest BCUT2D eigenvalue weighted by Gasteiger charge is 2.07. The molecule has 1 aromatic heterocycles. The lowest BCUT2D eigenvalue weighted by atomic mass is 10.1. The number of aryl methyl sites for hydroxylation is 1. The summed E-state index contributed by atoms with van der Waals surface area (Å²) in [7, 11) is -3.23. The lowest BCUT2D eigenvalue weighted by Gasteiger charge is -2.14. The average Bonchev–Trinajstić information content (AvgIpc) is 2.81. The number of nitrogens with one attached hydrogen (secondary N) is 2. The minimum Gasteiger partial charge on any atom is -0.465 e. The van der Waals surface area contributed by atoms with E-state index in [2.05, 4.69) is 17.0 Å². The van der Waals surface area contributed by atoms with Gasteiger partial charge in [0.2, 0.25) is 10.0 Å². The second-order valence-corrected chi connectivity index (χ2v) is 6.86. The zero-order chi connectivity index (χ0) is 15.5. The third-order valence-corrected chi connectivity index (χ3v) is 3.70. The molecule has 0 aliphatic heterocycles. The molecule has 1 atom stereocenters. The molecule has 0 aliphatic rings. The molecule has 114 valence electrons. The summed E-state index contributed by atoms with van der Waals surface area (Å²) < 4.78 is 30.2. The van der Waals surface area contributed by atoms with Crippen LogP contribution in [0.3, 0.4) is 0 Å². The molecule has 2 aromatic rings. The van der Waals surface area contributed by atoms with Gasteiger partial charge in [0.05, 0.1) is 12.8 Å². The summed E-state index contributed by atoms with van der Waals surface area (Å²) in [4.78, 5) is 0. The summed E-state index contributed by atoms with van der Waals surface area (Å²) >= 11 is 0. The Morgan fingerprint density at radius 2 is 1.81 bits per heavy atom. The van der Waals surface area contributed by atoms with Crippen LogP contribution in [-0.2, 0) is 16.6 Å². The van der Waals surface area contributed by atoms with Gasteiger partial charge < -0.3 is 9.73 Å². The van der Waals surface area contributed by atoms with E-state index in [0.29, 0.717) is 12.2 Å². The first-order chi connectivity index (χ1) is 9.83. The number of rotatable bonds is 6. The van der Waals surface area contributed by atoms with Gasteiger partial charge in [-0.2, -0.15) is 0 Å². The predicted octanol–water partition coefficient (Wildman–Crippen LogP) is 2.81. The predicted molar refractivity (Wildman–Crippen MR) is 83.6 cm³/mol. The molecule has 0 fully saturated rings.